The van der Waals surface area contributed by atoms with Crippen LogP contribution in [0.5, 0.6) is 0 Å². The van der Waals surface area contributed by atoms with Gasteiger partial charge in [0.2, 0.25) is 11.8 Å². The number of amides is 2. The summed E-state index contributed by atoms with van der Waals surface area (Å²) >= 11 is 0. The Kier molecular flexibility index (Phi) is 7.39. The lowest BCUT2D eigenvalue weighted by Gasteiger charge is -2.28. The van der Waals surface area contributed by atoms with Crippen molar-refractivity contribution < 1.29 is 9.59 Å². The van der Waals surface area contributed by atoms with E-state index in [1.165, 1.54) is 0 Å². The van der Waals surface area contributed by atoms with Gasteiger partial charge in [0.1, 0.15) is 0 Å². The molecule has 0 saturated carbocycles. The number of benzene rings is 2. The van der Waals surface area contributed by atoms with Gasteiger partial charge in [0, 0.05) is 39.0 Å². The van der Waals surface area contributed by atoms with Crippen molar-refractivity contribution in [2.24, 2.45) is 0 Å². The molecule has 0 aromatic heterocycles. The number of hydrogen-bond donors (Lipinski definition) is 0. The number of carbonyl (C=O) groups is 2. The van der Waals surface area contributed by atoms with Crippen molar-refractivity contribution in [2.75, 3.05) is 6.54 Å². The van der Waals surface area contributed by atoms with Crippen molar-refractivity contribution in [3.63, 3.8) is 0 Å². The zero-order chi connectivity index (χ0) is 18.9. The van der Waals surface area contributed by atoms with E-state index in [1.54, 1.807) is 11.8 Å². The van der Waals surface area contributed by atoms with Gasteiger partial charge in [-0.2, -0.15) is 0 Å². The minimum Gasteiger partial charge on any atom is -0.338 e. The topological polar surface area (TPSA) is 40.6 Å². The highest BCUT2D eigenvalue weighted by Crippen LogP contribution is 2.12. The average molecular weight is 352 g/mol. The predicted octanol–water partition coefficient (Wildman–Crippen LogP) is 3.86. The average Bonchev–Trinajstić information content (AvgIpc) is 2.64. The van der Waals surface area contributed by atoms with Gasteiger partial charge in [-0.1, -0.05) is 60.7 Å². The van der Waals surface area contributed by atoms with Crippen LogP contribution in [0, 0.1) is 0 Å². The van der Waals surface area contributed by atoms with Crippen LogP contribution in [0.2, 0.25) is 0 Å². The second kappa shape index (κ2) is 9.76. The van der Waals surface area contributed by atoms with Gasteiger partial charge >= 0.3 is 0 Å². The lowest BCUT2D eigenvalue weighted by molar-refractivity contribution is -0.135. The van der Waals surface area contributed by atoms with E-state index in [1.807, 2.05) is 79.4 Å². The molecular formula is C22H28N2O2. The molecular weight excluding hydrogens is 324 g/mol. The minimum absolute atomic E-state index is 0.0131. The van der Waals surface area contributed by atoms with Crippen molar-refractivity contribution in [2.45, 2.75) is 46.3 Å². The molecule has 2 rings (SSSR count). The third kappa shape index (κ3) is 6.03. The molecule has 4 nitrogen and oxygen atoms in total. The Morgan fingerprint density at radius 2 is 1.35 bits per heavy atom. The van der Waals surface area contributed by atoms with E-state index in [4.69, 9.17) is 0 Å². The molecule has 0 aliphatic rings. The highest BCUT2D eigenvalue weighted by molar-refractivity contribution is 5.78. The van der Waals surface area contributed by atoms with Crippen LogP contribution in [0.4, 0.5) is 0 Å². The van der Waals surface area contributed by atoms with Gasteiger partial charge in [-0.15, -0.1) is 0 Å². The highest BCUT2D eigenvalue weighted by Gasteiger charge is 2.19. The molecule has 138 valence electrons. The maximum absolute atomic E-state index is 12.8. The van der Waals surface area contributed by atoms with Gasteiger partial charge in [-0.25, -0.2) is 0 Å². The summed E-state index contributed by atoms with van der Waals surface area (Å²) in [5, 5.41) is 0. The monoisotopic (exact) mass is 352 g/mol. The molecule has 2 aromatic rings. The molecule has 0 unspecified atom stereocenters. The van der Waals surface area contributed by atoms with E-state index in [0.717, 1.165) is 11.1 Å². The fourth-order valence-electron chi connectivity index (χ4n) is 2.86. The molecule has 0 saturated heterocycles. The van der Waals surface area contributed by atoms with E-state index < -0.39 is 0 Å². The van der Waals surface area contributed by atoms with Gasteiger partial charge < -0.3 is 9.80 Å². The molecule has 0 aliphatic carbocycles. The predicted molar refractivity (Wildman–Crippen MR) is 104 cm³/mol. The Morgan fingerprint density at radius 1 is 0.846 bits per heavy atom. The summed E-state index contributed by atoms with van der Waals surface area (Å²) in [6.45, 7) is 7.15. The lowest BCUT2D eigenvalue weighted by Crippen LogP contribution is -2.39. The molecule has 26 heavy (non-hydrogen) atoms. The number of hydrogen-bond acceptors (Lipinski definition) is 2. The fourth-order valence-corrected chi connectivity index (χ4v) is 2.86. The first kappa shape index (κ1) is 19.7. The van der Waals surface area contributed by atoms with Gasteiger partial charge in [0.05, 0.1) is 0 Å². The van der Waals surface area contributed by atoms with Crippen LogP contribution in [0.25, 0.3) is 0 Å². The van der Waals surface area contributed by atoms with Gasteiger partial charge in [0.25, 0.3) is 0 Å². The maximum atomic E-state index is 12.8. The Hall–Kier alpha value is -2.62. The van der Waals surface area contributed by atoms with Crippen LogP contribution in [-0.2, 0) is 22.7 Å². The zero-order valence-corrected chi connectivity index (χ0v) is 15.9. The Bertz CT molecular complexity index is 699. The van der Waals surface area contributed by atoms with E-state index in [9.17, 15) is 9.59 Å². The molecule has 0 radical (unpaired) electrons. The summed E-state index contributed by atoms with van der Waals surface area (Å²) in [5.74, 6) is 0.0592. The Morgan fingerprint density at radius 3 is 1.81 bits per heavy atom. The lowest BCUT2D eigenvalue weighted by atomic mass is 10.1. The van der Waals surface area contributed by atoms with Crippen LogP contribution in [-0.4, -0.2) is 34.2 Å². The number of nitrogens with zero attached hydrogens (tertiary/aromatic N) is 2. The SMILES string of the molecule is CC(=O)N(CCC(=O)N(Cc1ccccc1)C(C)C)Cc1ccccc1. The molecule has 0 spiro atoms. The van der Waals surface area contributed by atoms with Crippen molar-refractivity contribution in [3.05, 3.63) is 71.8 Å². The molecule has 2 amide bonds. The standard InChI is InChI=1S/C22H28N2O2/c1-18(2)24(17-21-12-8-5-9-13-21)22(26)14-15-23(19(3)25)16-20-10-6-4-7-11-20/h4-13,18H,14-17H2,1-3H3. The summed E-state index contributed by atoms with van der Waals surface area (Å²) in [6.07, 6.45) is 0.331. The molecule has 2 aromatic carbocycles. The molecule has 0 heterocycles. The third-order valence-electron chi connectivity index (χ3n) is 4.40. The summed E-state index contributed by atoms with van der Waals surface area (Å²) in [7, 11) is 0. The van der Waals surface area contributed by atoms with Gasteiger partial charge in [-0.05, 0) is 25.0 Å². The third-order valence-corrected chi connectivity index (χ3v) is 4.40. The first-order chi connectivity index (χ1) is 12.5. The molecule has 0 atom stereocenters. The highest BCUT2D eigenvalue weighted by atomic mass is 16.2. The van der Waals surface area contributed by atoms with E-state index in [2.05, 4.69) is 0 Å². The second-order valence-electron chi connectivity index (χ2n) is 6.78. The number of carbonyl (C=O) groups excluding carboxylic acids is 2. The molecule has 0 aliphatic heterocycles. The molecule has 0 N–H and O–H groups in total. The molecule has 0 bridgehead atoms. The zero-order valence-electron chi connectivity index (χ0n) is 15.9. The van der Waals surface area contributed by atoms with Crippen LogP contribution in [0.1, 0.15) is 38.3 Å². The van der Waals surface area contributed by atoms with Gasteiger partial charge in [-0.3, -0.25) is 9.59 Å². The Balaban J connectivity index is 1.97. The van der Waals surface area contributed by atoms with Gasteiger partial charge in [0.15, 0.2) is 0 Å². The van der Waals surface area contributed by atoms with Crippen molar-refractivity contribution in [1.82, 2.24) is 9.80 Å². The maximum Gasteiger partial charge on any atom is 0.224 e. The minimum atomic E-state index is -0.0131. The summed E-state index contributed by atoms with van der Waals surface area (Å²) < 4.78 is 0. The van der Waals surface area contributed by atoms with Crippen LogP contribution < -0.4 is 0 Å². The van der Waals surface area contributed by atoms with Crippen molar-refractivity contribution >= 4 is 11.8 Å². The quantitative estimate of drug-likeness (QED) is 0.724. The van der Waals surface area contributed by atoms with E-state index >= 15 is 0 Å². The fraction of sp³-hybridized carbons (Fsp3) is 0.364. The van der Waals surface area contributed by atoms with Crippen LogP contribution in [0.3, 0.4) is 0 Å². The summed E-state index contributed by atoms with van der Waals surface area (Å²) in [4.78, 5) is 28.3. The summed E-state index contributed by atoms with van der Waals surface area (Å²) in [6, 6.07) is 20.0. The normalized spacial score (nSPS) is 10.6. The number of rotatable bonds is 8. The Labute approximate surface area is 156 Å². The van der Waals surface area contributed by atoms with Crippen LogP contribution in [0.15, 0.2) is 60.7 Å². The van der Waals surface area contributed by atoms with Crippen molar-refractivity contribution in [3.8, 4) is 0 Å². The van der Waals surface area contributed by atoms with Crippen LogP contribution >= 0.6 is 0 Å². The molecule has 4 heteroatoms. The van der Waals surface area contributed by atoms with E-state index in [0.29, 0.717) is 26.1 Å². The first-order valence-corrected chi connectivity index (χ1v) is 9.10. The largest absolute Gasteiger partial charge is 0.338 e. The smallest absolute Gasteiger partial charge is 0.224 e. The summed E-state index contributed by atoms with van der Waals surface area (Å²) in [5.41, 5.74) is 2.18. The molecule has 0 fully saturated rings. The first-order valence-electron chi connectivity index (χ1n) is 9.10. The van der Waals surface area contributed by atoms with Crippen molar-refractivity contribution in [1.29, 1.82) is 0 Å². The van der Waals surface area contributed by atoms with E-state index in [-0.39, 0.29) is 17.9 Å². The second-order valence-corrected chi connectivity index (χ2v) is 6.78.